The minimum Gasteiger partial charge on any atom is -0.357 e. The number of nitrogens with zero attached hydrogens (tertiary/aromatic N) is 3. The van der Waals surface area contributed by atoms with Crippen LogP contribution in [0.25, 0.3) is 11.1 Å². The van der Waals surface area contributed by atoms with Crippen LogP contribution in [0.3, 0.4) is 0 Å². The summed E-state index contributed by atoms with van der Waals surface area (Å²) >= 11 is 0. The molecule has 1 unspecified atom stereocenters. The molecule has 1 N–H and O–H groups in total. The van der Waals surface area contributed by atoms with Crippen molar-refractivity contribution in [2.75, 3.05) is 13.6 Å². The lowest BCUT2D eigenvalue weighted by molar-refractivity contribution is -0.145. The predicted molar refractivity (Wildman–Crippen MR) is 125 cm³/mol. The normalized spacial score (nSPS) is 17.8. The molecule has 6 nitrogen and oxygen atoms in total. The second-order valence-corrected chi connectivity index (χ2v) is 8.52. The van der Waals surface area contributed by atoms with Crippen molar-refractivity contribution in [3.8, 4) is 11.1 Å². The number of likely N-dealkylation sites (N-methyl/N-ethyl adjacent to an activating group) is 1. The monoisotopic (exact) mass is 448 g/mol. The molecule has 1 fully saturated rings. The molecule has 0 bridgehead atoms. The van der Waals surface area contributed by atoms with Crippen LogP contribution < -0.4 is 5.32 Å². The highest BCUT2D eigenvalue weighted by molar-refractivity contribution is 5.92. The van der Waals surface area contributed by atoms with Crippen LogP contribution >= 0.6 is 0 Å². The summed E-state index contributed by atoms with van der Waals surface area (Å²) in [6, 6.07) is 16.1. The maximum atomic E-state index is 14.6. The van der Waals surface area contributed by atoms with Crippen molar-refractivity contribution in [1.82, 2.24) is 20.0 Å². The molecule has 0 spiro atoms. The third-order valence-electron chi connectivity index (χ3n) is 6.57. The highest BCUT2D eigenvalue weighted by Gasteiger charge is 2.49. The Bertz CT molecular complexity index is 1160. The third kappa shape index (κ3) is 4.40. The Hall–Kier alpha value is -3.48. The van der Waals surface area contributed by atoms with Gasteiger partial charge < -0.3 is 10.2 Å². The first-order chi connectivity index (χ1) is 16.0. The molecule has 0 radical (unpaired) electrons. The predicted octanol–water partition coefficient (Wildman–Crippen LogP) is 3.74. The molecule has 33 heavy (non-hydrogen) atoms. The van der Waals surface area contributed by atoms with E-state index in [0.29, 0.717) is 31.5 Å². The van der Waals surface area contributed by atoms with Crippen LogP contribution in [0.5, 0.6) is 0 Å². The van der Waals surface area contributed by atoms with Crippen molar-refractivity contribution in [3.05, 3.63) is 77.9 Å². The van der Waals surface area contributed by atoms with E-state index in [1.807, 2.05) is 37.3 Å². The Kier molecular flexibility index (Phi) is 6.58. The van der Waals surface area contributed by atoms with Gasteiger partial charge in [0.05, 0.1) is 0 Å². The number of aromatic nitrogens is 2. The van der Waals surface area contributed by atoms with E-state index in [1.165, 1.54) is 6.07 Å². The van der Waals surface area contributed by atoms with Crippen LogP contribution in [0.1, 0.15) is 30.5 Å². The molecular formula is C26H29FN4O2. The molecular weight excluding hydrogens is 419 g/mol. The number of carbonyl (C=O) groups is 2. The Morgan fingerprint density at radius 3 is 2.52 bits per heavy atom. The zero-order chi connectivity index (χ0) is 23.4. The molecule has 3 aromatic rings. The van der Waals surface area contributed by atoms with Crippen molar-refractivity contribution in [3.63, 3.8) is 0 Å². The van der Waals surface area contributed by atoms with Gasteiger partial charge in [-0.2, -0.15) is 5.10 Å². The van der Waals surface area contributed by atoms with Crippen LogP contribution in [0, 0.1) is 12.7 Å². The lowest BCUT2D eigenvalue weighted by Gasteiger charge is -2.37. The summed E-state index contributed by atoms with van der Waals surface area (Å²) in [7, 11) is 1.60. The summed E-state index contributed by atoms with van der Waals surface area (Å²) in [5.41, 5.74) is 2.05. The fraction of sp³-hybridized carbons (Fsp3) is 0.346. The maximum Gasteiger partial charge on any atom is 0.246 e. The summed E-state index contributed by atoms with van der Waals surface area (Å²) in [6.45, 7) is 2.93. The van der Waals surface area contributed by atoms with Gasteiger partial charge in [-0.3, -0.25) is 14.3 Å². The Balaban J connectivity index is 1.66. The summed E-state index contributed by atoms with van der Waals surface area (Å²) in [4.78, 5) is 28.3. The fourth-order valence-corrected chi connectivity index (χ4v) is 4.88. The number of aryl methyl sites for hydroxylation is 2. The van der Waals surface area contributed by atoms with Gasteiger partial charge >= 0.3 is 0 Å². The first kappa shape index (κ1) is 22.7. The van der Waals surface area contributed by atoms with Gasteiger partial charge in [0.2, 0.25) is 11.8 Å². The van der Waals surface area contributed by atoms with Crippen molar-refractivity contribution >= 4 is 11.8 Å². The molecule has 0 aliphatic carbocycles. The summed E-state index contributed by atoms with van der Waals surface area (Å²) < 4.78 is 16.4. The van der Waals surface area contributed by atoms with E-state index >= 15 is 0 Å². The molecule has 2 aromatic carbocycles. The van der Waals surface area contributed by atoms with E-state index < -0.39 is 5.54 Å². The molecule has 1 aromatic heterocycles. The molecule has 7 heteroatoms. The van der Waals surface area contributed by atoms with Gasteiger partial charge in [-0.05, 0) is 43.0 Å². The number of halogens is 1. The molecule has 1 aliphatic rings. The molecule has 0 saturated carbocycles. The van der Waals surface area contributed by atoms with Gasteiger partial charge in [0.1, 0.15) is 11.4 Å². The van der Waals surface area contributed by atoms with E-state index in [9.17, 15) is 14.0 Å². The van der Waals surface area contributed by atoms with Crippen LogP contribution in [-0.2, 0) is 22.6 Å². The van der Waals surface area contributed by atoms with Gasteiger partial charge in [0.15, 0.2) is 0 Å². The zero-order valence-electron chi connectivity index (χ0n) is 19.1. The van der Waals surface area contributed by atoms with Crippen molar-refractivity contribution < 1.29 is 14.0 Å². The van der Waals surface area contributed by atoms with Gasteiger partial charge in [0.25, 0.3) is 0 Å². The van der Waals surface area contributed by atoms with Crippen LogP contribution in [0.4, 0.5) is 4.39 Å². The number of benzene rings is 2. The number of amides is 2. The second kappa shape index (κ2) is 9.57. The summed E-state index contributed by atoms with van der Waals surface area (Å²) in [5.74, 6) is -0.575. The molecule has 172 valence electrons. The van der Waals surface area contributed by atoms with E-state index in [0.717, 1.165) is 23.2 Å². The zero-order valence-corrected chi connectivity index (χ0v) is 19.1. The minimum atomic E-state index is -1.01. The van der Waals surface area contributed by atoms with E-state index in [-0.39, 0.29) is 24.1 Å². The highest BCUT2D eigenvalue weighted by atomic mass is 19.1. The largest absolute Gasteiger partial charge is 0.357 e. The third-order valence-corrected chi connectivity index (χ3v) is 6.57. The molecule has 1 saturated heterocycles. The van der Waals surface area contributed by atoms with Crippen molar-refractivity contribution in [2.24, 2.45) is 0 Å². The van der Waals surface area contributed by atoms with Crippen molar-refractivity contribution in [1.29, 1.82) is 0 Å². The van der Waals surface area contributed by atoms with Gasteiger partial charge in [-0.15, -0.1) is 0 Å². The average molecular weight is 449 g/mol. The topological polar surface area (TPSA) is 67.2 Å². The van der Waals surface area contributed by atoms with Gasteiger partial charge in [0, 0.05) is 50.4 Å². The quantitative estimate of drug-likeness (QED) is 0.599. The smallest absolute Gasteiger partial charge is 0.246 e. The maximum absolute atomic E-state index is 14.6. The molecule has 1 aliphatic heterocycles. The highest BCUT2D eigenvalue weighted by Crippen LogP contribution is 2.37. The second-order valence-electron chi connectivity index (χ2n) is 8.52. The van der Waals surface area contributed by atoms with Crippen LogP contribution in [0.2, 0.25) is 0 Å². The first-order valence-electron chi connectivity index (χ1n) is 11.3. The number of likely N-dealkylation sites (tertiary alicyclic amines) is 1. The van der Waals surface area contributed by atoms with Crippen molar-refractivity contribution in [2.45, 2.75) is 44.7 Å². The fourth-order valence-electron chi connectivity index (χ4n) is 4.88. The van der Waals surface area contributed by atoms with Gasteiger partial charge in [-0.25, -0.2) is 4.39 Å². The number of nitrogens with one attached hydrogen (secondary N) is 1. The van der Waals surface area contributed by atoms with Crippen LogP contribution in [0.15, 0.2) is 60.8 Å². The average Bonchev–Trinajstić information content (AvgIpc) is 3.44. The number of hydrogen-bond acceptors (Lipinski definition) is 3. The van der Waals surface area contributed by atoms with E-state index in [4.69, 9.17) is 0 Å². The molecule has 1 atom stereocenters. The molecule has 2 amide bonds. The minimum absolute atomic E-state index is 0.0747. The standard InChI is InChI=1S/C26H29FN4O2/c1-19-12-15-29-31(19)17-13-24(32)30-16-7-14-26(30,25(33)28-2)18-20-8-3-4-9-21(20)22-10-5-6-11-23(22)27/h3-6,8-12,15H,7,13-14,16-18H2,1-2H3,(H,28,33). The number of rotatable bonds is 7. The molecule has 4 rings (SSSR count). The lowest BCUT2D eigenvalue weighted by Crippen LogP contribution is -2.58. The van der Waals surface area contributed by atoms with E-state index in [1.54, 1.807) is 41.0 Å². The SMILES string of the molecule is CNC(=O)C1(Cc2ccccc2-c2ccccc2F)CCCN1C(=O)CCn1nccc1C. The van der Waals surface area contributed by atoms with Crippen LogP contribution in [-0.4, -0.2) is 45.6 Å². The Morgan fingerprint density at radius 2 is 1.82 bits per heavy atom. The first-order valence-corrected chi connectivity index (χ1v) is 11.3. The Labute approximate surface area is 193 Å². The number of carbonyl (C=O) groups excluding carboxylic acids is 2. The summed E-state index contributed by atoms with van der Waals surface area (Å²) in [6.07, 6.45) is 3.59. The Morgan fingerprint density at radius 1 is 1.09 bits per heavy atom. The lowest BCUT2D eigenvalue weighted by atomic mass is 9.84. The van der Waals surface area contributed by atoms with Gasteiger partial charge in [-0.1, -0.05) is 42.5 Å². The summed E-state index contributed by atoms with van der Waals surface area (Å²) in [5, 5.41) is 7.03. The molecule has 2 heterocycles. The van der Waals surface area contributed by atoms with E-state index in [2.05, 4.69) is 10.4 Å². The number of hydrogen-bond donors (Lipinski definition) is 1.